The van der Waals surface area contributed by atoms with Gasteiger partial charge in [-0.15, -0.1) is 21.5 Å². The fraction of sp³-hybridized carbons (Fsp3) is 0.333. The first-order chi connectivity index (χ1) is 10.7. The summed E-state index contributed by atoms with van der Waals surface area (Å²) in [6.07, 6.45) is -4.54. The van der Waals surface area contributed by atoms with Crippen LogP contribution in [0.5, 0.6) is 0 Å². The van der Waals surface area contributed by atoms with Gasteiger partial charge in [0, 0.05) is 18.0 Å². The molecule has 0 saturated heterocycles. The van der Waals surface area contributed by atoms with Gasteiger partial charge in [-0.2, -0.15) is 13.2 Å². The van der Waals surface area contributed by atoms with Crippen molar-refractivity contribution in [3.05, 3.63) is 34.8 Å². The van der Waals surface area contributed by atoms with E-state index in [0.29, 0.717) is 0 Å². The van der Waals surface area contributed by atoms with Crippen LogP contribution in [-0.4, -0.2) is 31.7 Å². The number of aryl methyl sites for hydroxylation is 1. The van der Waals surface area contributed by atoms with Crippen molar-refractivity contribution in [1.29, 1.82) is 0 Å². The third-order valence-electron chi connectivity index (χ3n) is 2.66. The van der Waals surface area contributed by atoms with Gasteiger partial charge in [-0.05, 0) is 31.2 Å². The van der Waals surface area contributed by atoms with E-state index in [0.717, 1.165) is 28.3 Å². The molecule has 2 heterocycles. The molecule has 0 fully saturated rings. The second-order valence-electron chi connectivity index (χ2n) is 4.49. The number of sulfonamides is 1. The van der Waals surface area contributed by atoms with Crippen molar-refractivity contribution >= 4 is 27.2 Å². The molecule has 0 amide bonds. The Bertz CT molecular complexity index is 757. The Morgan fingerprint density at radius 2 is 1.87 bits per heavy atom. The molecule has 0 bridgehead atoms. The molecular weight excluding hydrogens is 353 g/mol. The Morgan fingerprint density at radius 1 is 1.13 bits per heavy atom. The average molecular weight is 366 g/mol. The van der Waals surface area contributed by atoms with E-state index in [1.807, 2.05) is 0 Å². The van der Waals surface area contributed by atoms with Crippen LogP contribution < -0.4 is 10.0 Å². The molecule has 0 saturated carbocycles. The molecular formula is C12H13F3N4O2S2. The Morgan fingerprint density at radius 3 is 2.39 bits per heavy atom. The van der Waals surface area contributed by atoms with Crippen LogP contribution in [0.15, 0.2) is 28.5 Å². The summed E-state index contributed by atoms with van der Waals surface area (Å²) >= 11 is 1.15. The van der Waals surface area contributed by atoms with Crippen molar-refractivity contribution in [2.45, 2.75) is 17.3 Å². The van der Waals surface area contributed by atoms with Crippen molar-refractivity contribution in [3.8, 4) is 0 Å². The lowest BCUT2D eigenvalue weighted by Crippen LogP contribution is -2.28. The summed E-state index contributed by atoms with van der Waals surface area (Å²) < 4.78 is 63.4. The lowest BCUT2D eigenvalue weighted by molar-refractivity contribution is -0.141. The second-order valence-corrected chi connectivity index (χ2v) is 7.77. The smallest absolute Gasteiger partial charge is 0.367 e. The van der Waals surface area contributed by atoms with Gasteiger partial charge in [-0.25, -0.2) is 13.1 Å². The SMILES string of the molecule is Cc1ccc(S(=O)(=O)NCCNc2ccc(C(F)(F)F)nn2)s1. The Balaban J connectivity index is 1.84. The second kappa shape index (κ2) is 6.81. The van der Waals surface area contributed by atoms with Crippen molar-refractivity contribution in [3.63, 3.8) is 0 Å². The van der Waals surface area contributed by atoms with Gasteiger partial charge in [0.05, 0.1) is 0 Å². The summed E-state index contributed by atoms with van der Waals surface area (Å²) in [6, 6.07) is 5.15. The molecule has 0 atom stereocenters. The molecule has 0 spiro atoms. The summed E-state index contributed by atoms with van der Waals surface area (Å²) in [5.74, 6) is 0.129. The highest BCUT2D eigenvalue weighted by molar-refractivity contribution is 7.91. The van der Waals surface area contributed by atoms with Crippen LogP contribution in [-0.2, 0) is 16.2 Å². The van der Waals surface area contributed by atoms with Crippen molar-refractivity contribution < 1.29 is 21.6 Å². The van der Waals surface area contributed by atoms with Crippen LogP contribution in [0.2, 0.25) is 0 Å². The zero-order valence-corrected chi connectivity index (χ0v) is 13.5. The van der Waals surface area contributed by atoms with Crippen molar-refractivity contribution in [2.24, 2.45) is 0 Å². The number of nitrogens with one attached hydrogen (secondary N) is 2. The highest BCUT2D eigenvalue weighted by atomic mass is 32.2. The number of thiophene rings is 1. The van der Waals surface area contributed by atoms with E-state index in [9.17, 15) is 21.6 Å². The standard InChI is InChI=1S/C12H13F3N4O2S2/c1-8-2-5-11(22-8)23(20,21)17-7-6-16-10-4-3-9(18-19-10)12(13,14)15/h2-5,17H,6-7H2,1H3,(H,16,19). The number of halogens is 3. The minimum Gasteiger partial charge on any atom is -0.367 e. The molecule has 2 N–H and O–H groups in total. The number of alkyl halides is 3. The minimum atomic E-state index is -4.54. The average Bonchev–Trinajstić information content (AvgIpc) is 2.91. The predicted molar refractivity (Wildman–Crippen MR) is 79.8 cm³/mol. The molecule has 0 aliphatic rings. The van der Waals surface area contributed by atoms with Gasteiger partial charge in [0.2, 0.25) is 10.0 Å². The van der Waals surface area contributed by atoms with E-state index in [1.54, 1.807) is 13.0 Å². The number of hydrogen-bond acceptors (Lipinski definition) is 6. The van der Waals surface area contributed by atoms with E-state index >= 15 is 0 Å². The van der Waals surface area contributed by atoms with Gasteiger partial charge in [0.1, 0.15) is 10.0 Å². The molecule has 11 heteroatoms. The van der Waals surface area contributed by atoms with Crippen LogP contribution in [0, 0.1) is 6.92 Å². The largest absolute Gasteiger partial charge is 0.435 e. The molecule has 23 heavy (non-hydrogen) atoms. The van der Waals surface area contributed by atoms with Crippen LogP contribution >= 0.6 is 11.3 Å². The fourth-order valence-electron chi connectivity index (χ4n) is 1.58. The van der Waals surface area contributed by atoms with Crippen LogP contribution in [0.25, 0.3) is 0 Å². The van der Waals surface area contributed by atoms with Crippen molar-refractivity contribution in [2.75, 3.05) is 18.4 Å². The number of rotatable bonds is 6. The van der Waals surface area contributed by atoms with Gasteiger partial charge >= 0.3 is 6.18 Å². The van der Waals surface area contributed by atoms with Gasteiger partial charge in [0.15, 0.2) is 5.69 Å². The van der Waals surface area contributed by atoms with Crippen LogP contribution in [0.1, 0.15) is 10.6 Å². The molecule has 0 aliphatic carbocycles. The molecule has 6 nitrogen and oxygen atoms in total. The first-order valence-corrected chi connectivity index (χ1v) is 8.69. The number of nitrogens with zero attached hydrogens (tertiary/aromatic N) is 2. The number of anilines is 1. The zero-order chi connectivity index (χ0) is 17.1. The Hall–Kier alpha value is -1.72. The zero-order valence-electron chi connectivity index (χ0n) is 11.9. The first kappa shape index (κ1) is 17.6. The van der Waals surface area contributed by atoms with E-state index in [2.05, 4.69) is 20.2 Å². The molecule has 2 aromatic heterocycles. The van der Waals surface area contributed by atoms with E-state index in [-0.39, 0.29) is 23.1 Å². The van der Waals surface area contributed by atoms with Gasteiger partial charge in [-0.1, -0.05) is 0 Å². The molecule has 0 aromatic carbocycles. The number of hydrogen-bond donors (Lipinski definition) is 2. The van der Waals surface area contributed by atoms with Gasteiger partial charge in [0.25, 0.3) is 0 Å². The summed E-state index contributed by atoms with van der Waals surface area (Å²) in [5.41, 5.74) is -1.09. The molecule has 0 aliphatic heterocycles. The summed E-state index contributed by atoms with van der Waals surface area (Å²) in [7, 11) is -3.58. The van der Waals surface area contributed by atoms with E-state index < -0.39 is 21.9 Å². The lowest BCUT2D eigenvalue weighted by atomic mass is 10.4. The lowest BCUT2D eigenvalue weighted by Gasteiger charge is -2.08. The maximum Gasteiger partial charge on any atom is 0.435 e. The summed E-state index contributed by atoms with van der Waals surface area (Å²) in [5, 5.41) is 9.13. The summed E-state index contributed by atoms with van der Waals surface area (Å²) in [6.45, 7) is 2.01. The number of aromatic nitrogens is 2. The van der Waals surface area contributed by atoms with E-state index in [4.69, 9.17) is 0 Å². The van der Waals surface area contributed by atoms with Crippen LogP contribution in [0.3, 0.4) is 0 Å². The molecule has 0 unspecified atom stereocenters. The predicted octanol–water partition coefficient (Wildman–Crippen LogP) is 2.26. The van der Waals surface area contributed by atoms with Crippen molar-refractivity contribution in [1.82, 2.24) is 14.9 Å². The fourth-order valence-corrected chi connectivity index (χ4v) is 3.94. The Labute approximate surface area is 134 Å². The molecule has 2 aromatic rings. The molecule has 2 rings (SSSR count). The Kier molecular flexibility index (Phi) is 5.22. The maximum absolute atomic E-state index is 12.3. The molecule has 126 valence electrons. The summed E-state index contributed by atoms with van der Waals surface area (Å²) in [4.78, 5) is 0.878. The first-order valence-electron chi connectivity index (χ1n) is 6.39. The maximum atomic E-state index is 12.3. The topological polar surface area (TPSA) is 84.0 Å². The third kappa shape index (κ3) is 4.88. The highest BCUT2D eigenvalue weighted by Gasteiger charge is 2.32. The van der Waals surface area contributed by atoms with Crippen LogP contribution in [0.4, 0.5) is 19.0 Å². The quantitative estimate of drug-likeness (QED) is 0.766. The minimum absolute atomic E-state index is 0.0575. The monoisotopic (exact) mass is 366 g/mol. The third-order valence-corrected chi connectivity index (χ3v) is 5.61. The van der Waals surface area contributed by atoms with Gasteiger partial charge < -0.3 is 5.32 Å². The highest BCUT2D eigenvalue weighted by Crippen LogP contribution is 2.27. The normalized spacial score (nSPS) is 12.3. The van der Waals surface area contributed by atoms with E-state index in [1.165, 1.54) is 6.07 Å². The molecule has 0 radical (unpaired) electrons. The van der Waals surface area contributed by atoms with Gasteiger partial charge in [-0.3, -0.25) is 0 Å².